The van der Waals surface area contributed by atoms with Gasteiger partial charge < -0.3 is 14.8 Å². The molecule has 0 atom stereocenters. The summed E-state index contributed by atoms with van der Waals surface area (Å²) in [5.41, 5.74) is 1.51. The first-order valence-electron chi connectivity index (χ1n) is 11.2. The first-order valence-corrected chi connectivity index (χ1v) is 11.2. The number of likely N-dealkylation sites (tertiary alicyclic amines) is 1. The second kappa shape index (κ2) is 8.27. The van der Waals surface area contributed by atoms with E-state index in [9.17, 15) is 9.59 Å². The molecule has 31 heavy (non-hydrogen) atoms. The van der Waals surface area contributed by atoms with Crippen molar-refractivity contribution in [2.75, 3.05) is 31.1 Å². The van der Waals surface area contributed by atoms with E-state index in [-0.39, 0.29) is 11.1 Å². The zero-order valence-corrected chi connectivity index (χ0v) is 17.7. The van der Waals surface area contributed by atoms with Crippen molar-refractivity contribution in [1.29, 1.82) is 0 Å². The highest BCUT2D eigenvalue weighted by Gasteiger charge is 2.49. The highest BCUT2D eigenvalue weighted by molar-refractivity contribution is 5.95. The lowest BCUT2D eigenvalue weighted by Gasteiger charge is -2.44. The zero-order valence-electron chi connectivity index (χ0n) is 17.7. The van der Waals surface area contributed by atoms with Crippen LogP contribution in [0.15, 0.2) is 59.4 Å². The number of hydrogen-bond donors (Lipinski definition) is 1. The second-order valence-electron chi connectivity index (χ2n) is 8.67. The average Bonchev–Trinajstić information content (AvgIpc) is 3.11. The summed E-state index contributed by atoms with van der Waals surface area (Å²) >= 11 is 0. The van der Waals surface area contributed by atoms with Crippen LogP contribution in [0.3, 0.4) is 0 Å². The molecule has 2 saturated heterocycles. The lowest BCUT2D eigenvalue weighted by Crippen LogP contribution is -2.56. The lowest BCUT2D eigenvalue weighted by atomic mass is 9.83. The molecular weight excluding hydrogens is 388 g/mol. The minimum Gasteiger partial charge on any atom is -0.358 e. The number of carbonyl (C=O) groups excluding carboxylic acids is 1. The van der Waals surface area contributed by atoms with Crippen LogP contribution in [0, 0.1) is 0 Å². The maximum atomic E-state index is 12.9. The number of H-pyrrole nitrogens is 1. The van der Waals surface area contributed by atoms with E-state index in [1.165, 1.54) is 0 Å². The topological polar surface area (TPSA) is 69.3 Å². The van der Waals surface area contributed by atoms with Crippen LogP contribution in [-0.4, -0.2) is 52.4 Å². The molecule has 1 aromatic heterocycles. The van der Waals surface area contributed by atoms with E-state index < -0.39 is 0 Å². The fourth-order valence-corrected chi connectivity index (χ4v) is 5.21. The molecule has 0 radical (unpaired) electrons. The Morgan fingerprint density at radius 3 is 2.48 bits per heavy atom. The summed E-state index contributed by atoms with van der Waals surface area (Å²) in [6.07, 6.45) is 4.09. The maximum Gasteiger partial charge on any atom is 0.258 e. The van der Waals surface area contributed by atoms with Gasteiger partial charge in [-0.1, -0.05) is 30.3 Å². The molecule has 0 bridgehead atoms. The minimum absolute atomic E-state index is 0.0683. The number of carbonyl (C=O) groups is 1. The Morgan fingerprint density at radius 2 is 1.68 bits per heavy atom. The number of piperidine rings is 1. The smallest absolute Gasteiger partial charge is 0.258 e. The molecule has 3 aromatic rings. The normalized spacial score (nSPS) is 18.8. The van der Waals surface area contributed by atoms with Crippen molar-refractivity contribution in [3.63, 3.8) is 0 Å². The fourth-order valence-electron chi connectivity index (χ4n) is 5.21. The number of nitrogens with one attached hydrogen (secondary N) is 1. The number of ketones is 1. The molecule has 2 aliphatic rings. The van der Waals surface area contributed by atoms with Crippen LogP contribution in [0.5, 0.6) is 0 Å². The summed E-state index contributed by atoms with van der Waals surface area (Å²) in [7, 11) is 0. The van der Waals surface area contributed by atoms with Gasteiger partial charge in [0.15, 0.2) is 5.78 Å². The number of aryl methyl sites for hydroxylation is 1. The molecular formula is C25H28N4O2. The first kappa shape index (κ1) is 19.9. The Morgan fingerprint density at radius 1 is 0.935 bits per heavy atom. The molecule has 6 heteroatoms. The molecule has 1 N–H and O–H groups in total. The van der Waals surface area contributed by atoms with Crippen LogP contribution in [-0.2, 0) is 11.2 Å². The molecule has 2 fully saturated rings. The minimum atomic E-state index is -0.330. The van der Waals surface area contributed by atoms with Gasteiger partial charge in [0.25, 0.3) is 5.56 Å². The van der Waals surface area contributed by atoms with Crippen molar-refractivity contribution < 1.29 is 4.79 Å². The molecule has 0 saturated carbocycles. The number of aromatic nitrogens is 2. The third-order valence-electron chi connectivity index (χ3n) is 6.90. The second-order valence-corrected chi connectivity index (χ2v) is 8.67. The number of Topliss-reactive ketones (excluding diaryl/α,β-unsaturated/α-hetero) is 1. The average molecular weight is 417 g/mol. The largest absolute Gasteiger partial charge is 0.358 e. The SMILES string of the molecule is O=C1CCN(c2ccccc2)C12CCN(CCCc1nc3ccccc3c(=O)[nH]1)CC2. The number of anilines is 1. The number of rotatable bonds is 5. The van der Waals surface area contributed by atoms with Gasteiger partial charge in [-0.05, 0) is 50.1 Å². The zero-order chi connectivity index (χ0) is 21.3. The number of hydrogen-bond acceptors (Lipinski definition) is 5. The quantitative estimate of drug-likeness (QED) is 0.692. The summed E-state index contributed by atoms with van der Waals surface area (Å²) in [5.74, 6) is 1.15. The Hall–Kier alpha value is -2.99. The van der Waals surface area contributed by atoms with Crippen molar-refractivity contribution >= 4 is 22.4 Å². The van der Waals surface area contributed by atoms with E-state index in [4.69, 9.17) is 0 Å². The Kier molecular flexibility index (Phi) is 5.32. The number of benzene rings is 2. The van der Waals surface area contributed by atoms with Gasteiger partial charge in [-0.2, -0.15) is 0 Å². The van der Waals surface area contributed by atoms with Gasteiger partial charge in [0, 0.05) is 38.2 Å². The van der Waals surface area contributed by atoms with Crippen molar-refractivity contribution in [1.82, 2.24) is 14.9 Å². The van der Waals surface area contributed by atoms with Gasteiger partial charge in [0.1, 0.15) is 11.4 Å². The molecule has 1 spiro atoms. The molecule has 0 amide bonds. The van der Waals surface area contributed by atoms with E-state index in [0.29, 0.717) is 17.6 Å². The molecule has 2 aliphatic heterocycles. The van der Waals surface area contributed by atoms with Crippen molar-refractivity contribution in [3.05, 3.63) is 70.8 Å². The summed E-state index contributed by atoms with van der Waals surface area (Å²) in [5, 5.41) is 0.636. The van der Waals surface area contributed by atoms with Crippen molar-refractivity contribution in [3.8, 4) is 0 Å². The van der Waals surface area contributed by atoms with E-state index in [2.05, 4.69) is 31.9 Å². The molecule has 5 rings (SSSR count). The third-order valence-corrected chi connectivity index (χ3v) is 6.90. The lowest BCUT2D eigenvalue weighted by molar-refractivity contribution is -0.123. The molecule has 160 valence electrons. The van der Waals surface area contributed by atoms with E-state index in [1.54, 1.807) is 6.07 Å². The van der Waals surface area contributed by atoms with Gasteiger partial charge in [0.2, 0.25) is 0 Å². The highest BCUT2D eigenvalue weighted by atomic mass is 16.1. The van der Waals surface area contributed by atoms with E-state index >= 15 is 0 Å². The third kappa shape index (κ3) is 3.76. The summed E-state index contributed by atoms with van der Waals surface area (Å²) < 4.78 is 0. The molecule has 0 aliphatic carbocycles. The fraction of sp³-hybridized carbons (Fsp3) is 0.400. The standard InChI is InChI=1S/C25H28N4O2/c30-22-12-16-29(19-7-2-1-3-8-19)25(22)13-17-28(18-14-25)15-6-11-23-26-21-10-5-4-9-20(21)24(31)27-23/h1-5,7-10H,6,11-18H2,(H,26,27,31). The molecule has 2 aromatic carbocycles. The van der Waals surface area contributed by atoms with Gasteiger partial charge in [-0.25, -0.2) is 4.98 Å². The molecule has 6 nitrogen and oxygen atoms in total. The van der Waals surface area contributed by atoms with Crippen LogP contribution in [0.1, 0.15) is 31.5 Å². The monoisotopic (exact) mass is 416 g/mol. The van der Waals surface area contributed by atoms with Crippen LogP contribution in [0.25, 0.3) is 10.9 Å². The van der Waals surface area contributed by atoms with Gasteiger partial charge in [-0.3, -0.25) is 9.59 Å². The van der Waals surface area contributed by atoms with Crippen LogP contribution in [0.4, 0.5) is 5.69 Å². The Bertz CT molecular complexity index is 1130. The molecule has 3 heterocycles. The summed E-state index contributed by atoms with van der Waals surface area (Å²) in [4.78, 5) is 37.4. The van der Waals surface area contributed by atoms with Gasteiger partial charge in [0.05, 0.1) is 10.9 Å². The highest BCUT2D eigenvalue weighted by Crippen LogP contribution is 2.39. The number of para-hydroxylation sites is 2. The van der Waals surface area contributed by atoms with Crippen molar-refractivity contribution in [2.45, 2.75) is 37.6 Å². The van der Waals surface area contributed by atoms with Crippen LogP contribution < -0.4 is 10.5 Å². The number of fused-ring (bicyclic) bond motifs is 1. The van der Waals surface area contributed by atoms with Crippen molar-refractivity contribution in [2.24, 2.45) is 0 Å². The van der Waals surface area contributed by atoms with Gasteiger partial charge in [-0.15, -0.1) is 0 Å². The number of aromatic amines is 1. The summed E-state index contributed by atoms with van der Waals surface area (Å²) in [6.45, 7) is 3.63. The Balaban J connectivity index is 1.19. The van der Waals surface area contributed by atoms with E-state index in [0.717, 1.165) is 68.9 Å². The predicted molar refractivity (Wildman–Crippen MR) is 123 cm³/mol. The van der Waals surface area contributed by atoms with Gasteiger partial charge >= 0.3 is 0 Å². The molecule has 0 unspecified atom stereocenters. The predicted octanol–water partition coefficient (Wildman–Crippen LogP) is 3.17. The van der Waals surface area contributed by atoms with Crippen LogP contribution in [0.2, 0.25) is 0 Å². The summed E-state index contributed by atoms with van der Waals surface area (Å²) in [6, 6.07) is 17.8. The van der Waals surface area contributed by atoms with E-state index in [1.807, 2.05) is 36.4 Å². The number of nitrogens with zero attached hydrogens (tertiary/aromatic N) is 3. The first-order chi connectivity index (χ1) is 15.2. The maximum absolute atomic E-state index is 12.9. The van der Waals surface area contributed by atoms with Crippen LogP contribution >= 0.6 is 0 Å². The Labute approximate surface area is 181 Å².